The molecule has 0 fully saturated rings. The van der Waals surface area contributed by atoms with Crippen LogP contribution in [0, 0.1) is 0 Å². The maximum absolute atomic E-state index is 11.8. The number of carbonyl (C=O) groups excluding carboxylic acids is 2. The van der Waals surface area contributed by atoms with Crippen molar-refractivity contribution >= 4 is 33.4 Å². The molecule has 0 saturated carbocycles. The molecule has 0 aromatic heterocycles. The molecule has 104 valence electrons. The van der Waals surface area contributed by atoms with Crippen molar-refractivity contribution in [2.75, 3.05) is 18.9 Å². The fraction of sp³-hybridized carbons (Fsp3) is 0.429. The summed E-state index contributed by atoms with van der Waals surface area (Å²) in [6.45, 7) is 2.76. The van der Waals surface area contributed by atoms with Crippen LogP contribution in [0.1, 0.15) is 26.2 Å². The monoisotopic (exact) mass is 326 g/mol. The molecule has 1 aromatic rings. The number of amides is 2. The Balaban J connectivity index is 2.47. The van der Waals surface area contributed by atoms with Crippen molar-refractivity contribution in [3.05, 3.63) is 28.7 Å². The molecule has 0 atom stereocenters. The fourth-order valence-corrected chi connectivity index (χ4v) is 1.93. The van der Waals surface area contributed by atoms with E-state index < -0.39 is 0 Å². The Kier molecular flexibility index (Phi) is 6.56. The van der Waals surface area contributed by atoms with Crippen molar-refractivity contribution in [2.45, 2.75) is 26.2 Å². The number of hydrogen-bond donors (Lipinski definition) is 1. The Bertz CT molecular complexity index is 449. The lowest BCUT2D eigenvalue weighted by Crippen LogP contribution is -2.31. The standard InChI is InChI=1S/C14H19BrN2O2/c1-3-4-9-17(2)14(19)10-13(18)16-12-8-6-5-7-11(12)15/h5-8H,3-4,9-10H2,1-2H3,(H,16,18). The Hall–Kier alpha value is -1.36. The molecule has 1 rings (SSSR count). The molecule has 0 unspecified atom stereocenters. The summed E-state index contributed by atoms with van der Waals surface area (Å²) in [6, 6.07) is 7.32. The second-order valence-corrected chi connectivity index (χ2v) is 5.23. The molecule has 0 aliphatic carbocycles. The fourth-order valence-electron chi connectivity index (χ4n) is 1.55. The van der Waals surface area contributed by atoms with Gasteiger partial charge in [0.2, 0.25) is 11.8 Å². The maximum Gasteiger partial charge on any atom is 0.233 e. The lowest BCUT2D eigenvalue weighted by atomic mass is 10.2. The van der Waals surface area contributed by atoms with Crippen molar-refractivity contribution in [1.82, 2.24) is 4.90 Å². The highest BCUT2D eigenvalue weighted by Gasteiger charge is 2.14. The summed E-state index contributed by atoms with van der Waals surface area (Å²) in [5.41, 5.74) is 0.677. The van der Waals surface area contributed by atoms with Gasteiger partial charge in [-0.3, -0.25) is 9.59 Å². The molecule has 5 heteroatoms. The van der Waals surface area contributed by atoms with Gasteiger partial charge in [0.05, 0.1) is 5.69 Å². The van der Waals surface area contributed by atoms with E-state index >= 15 is 0 Å². The molecule has 0 heterocycles. The van der Waals surface area contributed by atoms with Gasteiger partial charge in [-0.05, 0) is 34.5 Å². The molecule has 19 heavy (non-hydrogen) atoms. The van der Waals surface area contributed by atoms with Crippen LogP contribution in [0.5, 0.6) is 0 Å². The minimum absolute atomic E-state index is 0.123. The average Bonchev–Trinajstić information content (AvgIpc) is 2.38. The van der Waals surface area contributed by atoms with Gasteiger partial charge in [0, 0.05) is 18.1 Å². The van der Waals surface area contributed by atoms with E-state index in [0.717, 1.165) is 17.3 Å². The molecule has 0 spiro atoms. The first kappa shape index (κ1) is 15.7. The van der Waals surface area contributed by atoms with E-state index in [4.69, 9.17) is 0 Å². The van der Waals surface area contributed by atoms with Gasteiger partial charge in [0.1, 0.15) is 6.42 Å². The van der Waals surface area contributed by atoms with Crippen molar-refractivity contribution in [3.63, 3.8) is 0 Å². The van der Waals surface area contributed by atoms with Gasteiger partial charge in [-0.2, -0.15) is 0 Å². The molecule has 0 aliphatic rings. The molecular formula is C14H19BrN2O2. The number of nitrogens with one attached hydrogen (secondary N) is 1. The number of carbonyl (C=O) groups is 2. The number of benzene rings is 1. The number of anilines is 1. The lowest BCUT2D eigenvalue weighted by molar-refractivity contribution is -0.133. The minimum atomic E-state index is -0.291. The first-order chi connectivity index (χ1) is 9.04. The summed E-state index contributed by atoms with van der Waals surface area (Å²) in [5, 5.41) is 2.72. The Morgan fingerprint density at radius 1 is 1.32 bits per heavy atom. The number of para-hydroxylation sites is 1. The highest BCUT2D eigenvalue weighted by Crippen LogP contribution is 2.21. The van der Waals surface area contributed by atoms with Crippen molar-refractivity contribution in [2.24, 2.45) is 0 Å². The van der Waals surface area contributed by atoms with E-state index in [0.29, 0.717) is 12.2 Å². The van der Waals surface area contributed by atoms with Crippen LogP contribution < -0.4 is 5.32 Å². The first-order valence-electron chi connectivity index (χ1n) is 6.33. The third-order valence-electron chi connectivity index (χ3n) is 2.73. The Labute approximate surface area is 122 Å². The smallest absolute Gasteiger partial charge is 0.233 e. The van der Waals surface area contributed by atoms with E-state index in [1.54, 1.807) is 18.0 Å². The van der Waals surface area contributed by atoms with Crippen LogP contribution in [0.4, 0.5) is 5.69 Å². The zero-order valence-electron chi connectivity index (χ0n) is 11.3. The molecule has 1 N–H and O–H groups in total. The van der Waals surface area contributed by atoms with Crippen molar-refractivity contribution < 1.29 is 9.59 Å². The predicted octanol–water partition coefficient (Wildman–Crippen LogP) is 3.04. The van der Waals surface area contributed by atoms with Gasteiger partial charge in [0.25, 0.3) is 0 Å². The highest BCUT2D eigenvalue weighted by molar-refractivity contribution is 9.10. The minimum Gasteiger partial charge on any atom is -0.345 e. The normalized spacial score (nSPS) is 10.1. The Morgan fingerprint density at radius 2 is 2.00 bits per heavy atom. The third kappa shape index (κ3) is 5.42. The van der Waals surface area contributed by atoms with Crippen LogP contribution in [0.25, 0.3) is 0 Å². The van der Waals surface area contributed by atoms with Gasteiger partial charge >= 0.3 is 0 Å². The molecule has 1 aromatic carbocycles. The largest absolute Gasteiger partial charge is 0.345 e. The van der Waals surface area contributed by atoms with Crippen molar-refractivity contribution in [3.8, 4) is 0 Å². The zero-order chi connectivity index (χ0) is 14.3. The van der Waals surface area contributed by atoms with Crippen molar-refractivity contribution in [1.29, 1.82) is 0 Å². The van der Waals surface area contributed by atoms with Gasteiger partial charge in [-0.1, -0.05) is 25.5 Å². The second-order valence-electron chi connectivity index (χ2n) is 4.37. The molecule has 0 aliphatic heterocycles. The second kappa shape index (κ2) is 7.94. The number of hydrogen-bond acceptors (Lipinski definition) is 2. The topological polar surface area (TPSA) is 49.4 Å². The lowest BCUT2D eigenvalue weighted by Gasteiger charge is -2.16. The van der Waals surface area contributed by atoms with E-state index in [1.807, 2.05) is 18.2 Å². The quantitative estimate of drug-likeness (QED) is 0.817. The van der Waals surface area contributed by atoms with Gasteiger partial charge in [-0.25, -0.2) is 0 Å². The summed E-state index contributed by atoms with van der Waals surface area (Å²) < 4.78 is 0.801. The van der Waals surface area contributed by atoms with Gasteiger partial charge < -0.3 is 10.2 Å². The van der Waals surface area contributed by atoms with E-state index in [1.165, 1.54) is 0 Å². The van der Waals surface area contributed by atoms with E-state index in [9.17, 15) is 9.59 Å². The highest BCUT2D eigenvalue weighted by atomic mass is 79.9. The van der Waals surface area contributed by atoms with Gasteiger partial charge in [-0.15, -0.1) is 0 Å². The summed E-state index contributed by atoms with van der Waals surface area (Å²) in [4.78, 5) is 25.2. The average molecular weight is 327 g/mol. The van der Waals surface area contributed by atoms with Crippen LogP contribution in [-0.2, 0) is 9.59 Å². The molecular weight excluding hydrogens is 308 g/mol. The van der Waals surface area contributed by atoms with Crippen LogP contribution in [0.2, 0.25) is 0 Å². The van der Waals surface area contributed by atoms with Crippen LogP contribution in [-0.4, -0.2) is 30.3 Å². The van der Waals surface area contributed by atoms with Gasteiger partial charge in [0.15, 0.2) is 0 Å². The number of rotatable bonds is 6. The number of nitrogens with zero attached hydrogens (tertiary/aromatic N) is 1. The predicted molar refractivity (Wildman–Crippen MR) is 79.9 cm³/mol. The summed E-state index contributed by atoms with van der Waals surface area (Å²) in [6.07, 6.45) is 1.86. The summed E-state index contributed by atoms with van der Waals surface area (Å²) >= 11 is 3.34. The maximum atomic E-state index is 11.8. The summed E-state index contributed by atoms with van der Waals surface area (Å²) in [5.74, 6) is -0.446. The SMILES string of the molecule is CCCCN(C)C(=O)CC(=O)Nc1ccccc1Br. The third-order valence-corrected chi connectivity index (χ3v) is 3.42. The Morgan fingerprint density at radius 3 is 2.63 bits per heavy atom. The molecule has 0 bridgehead atoms. The van der Waals surface area contributed by atoms with Crippen LogP contribution in [0.3, 0.4) is 0 Å². The molecule has 2 amide bonds. The number of halogens is 1. The summed E-state index contributed by atoms with van der Waals surface area (Å²) in [7, 11) is 1.73. The van der Waals surface area contributed by atoms with Crippen LogP contribution >= 0.6 is 15.9 Å². The first-order valence-corrected chi connectivity index (χ1v) is 7.12. The van der Waals surface area contributed by atoms with E-state index in [-0.39, 0.29) is 18.2 Å². The van der Waals surface area contributed by atoms with E-state index in [2.05, 4.69) is 28.2 Å². The zero-order valence-corrected chi connectivity index (χ0v) is 12.9. The molecule has 0 saturated heterocycles. The molecule has 4 nitrogen and oxygen atoms in total. The molecule has 0 radical (unpaired) electrons. The van der Waals surface area contributed by atoms with Crippen LogP contribution in [0.15, 0.2) is 28.7 Å². The number of unbranched alkanes of at least 4 members (excludes halogenated alkanes) is 1.